The van der Waals surface area contributed by atoms with Crippen LogP contribution in [-0.4, -0.2) is 24.5 Å². The quantitative estimate of drug-likeness (QED) is 0.639. The topological polar surface area (TPSA) is 144 Å². The van der Waals surface area contributed by atoms with Crippen molar-refractivity contribution in [1.29, 1.82) is 0 Å². The fourth-order valence-corrected chi connectivity index (χ4v) is 2.11. The molecule has 9 heteroatoms. The molecule has 2 aromatic rings. The Morgan fingerprint density at radius 1 is 1.40 bits per heavy atom. The molecule has 0 saturated heterocycles. The molecule has 8 nitrogen and oxygen atoms in total. The van der Waals surface area contributed by atoms with Crippen LogP contribution < -0.4 is 16.2 Å². The van der Waals surface area contributed by atoms with Crippen LogP contribution in [0.15, 0.2) is 29.2 Å². The van der Waals surface area contributed by atoms with Crippen molar-refractivity contribution in [2.45, 2.75) is 11.8 Å². The van der Waals surface area contributed by atoms with Gasteiger partial charge in [0.05, 0.1) is 16.3 Å². The van der Waals surface area contributed by atoms with Gasteiger partial charge in [0.15, 0.2) is 5.69 Å². The highest BCUT2D eigenvalue weighted by Gasteiger charge is 2.16. The number of nitrogens with two attached hydrogens (primary N) is 2. The predicted molar refractivity (Wildman–Crippen MR) is 73.5 cm³/mol. The summed E-state index contributed by atoms with van der Waals surface area (Å²) < 4.78 is 22.5. The number of carbonyl (C=O) groups excluding carboxylic acids is 1. The Hall–Kier alpha value is -2.39. The Labute approximate surface area is 115 Å². The van der Waals surface area contributed by atoms with Gasteiger partial charge in [-0.05, 0) is 25.1 Å². The van der Waals surface area contributed by atoms with Crippen LogP contribution >= 0.6 is 0 Å². The summed E-state index contributed by atoms with van der Waals surface area (Å²) in [5.74, 6) is -0.543. The third kappa shape index (κ3) is 2.78. The van der Waals surface area contributed by atoms with Gasteiger partial charge in [0.25, 0.3) is 5.91 Å². The SMILES string of the molecule is Cc1[nH]nc(C(=O)Nc2cccc(S(N)(=O)=O)c2)c1N. The van der Waals surface area contributed by atoms with Crippen LogP contribution in [0.3, 0.4) is 0 Å². The second kappa shape index (κ2) is 4.94. The van der Waals surface area contributed by atoms with Crippen LogP contribution in [0.25, 0.3) is 0 Å². The molecule has 0 radical (unpaired) electrons. The minimum Gasteiger partial charge on any atom is -0.395 e. The molecule has 0 bridgehead atoms. The third-order valence-corrected chi connectivity index (χ3v) is 3.54. The monoisotopic (exact) mass is 295 g/mol. The highest BCUT2D eigenvalue weighted by atomic mass is 32.2. The maximum absolute atomic E-state index is 12.0. The molecule has 0 aliphatic rings. The van der Waals surface area contributed by atoms with Gasteiger partial charge in [-0.2, -0.15) is 5.10 Å². The van der Waals surface area contributed by atoms with Gasteiger partial charge < -0.3 is 11.1 Å². The van der Waals surface area contributed by atoms with Crippen LogP contribution in [0.4, 0.5) is 11.4 Å². The number of nitrogen functional groups attached to an aromatic ring is 1. The molecule has 6 N–H and O–H groups in total. The van der Waals surface area contributed by atoms with Crippen molar-refractivity contribution in [3.63, 3.8) is 0 Å². The molecule has 0 fully saturated rings. The molecule has 2 rings (SSSR count). The highest BCUT2D eigenvalue weighted by Crippen LogP contribution is 2.17. The summed E-state index contributed by atoms with van der Waals surface area (Å²) in [6.07, 6.45) is 0. The van der Waals surface area contributed by atoms with Crippen molar-refractivity contribution in [1.82, 2.24) is 10.2 Å². The zero-order valence-corrected chi connectivity index (χ0v) is 11.4. The Morgan fingerprint density at radius 3 is 2.65 bits per heavy atom. The van der Waals surface area contributed by atoms with Crippen molar-refractivity contribution in [2.24, 2.45) is 5.14 Å². The van der Waals surface area contributed by atoms with Gasteiger partial charge in [-0.25, -0.2) is 13.6 Å². The van der Waals surface area contributed by atoms with Gasteiger partial charge in [-0.3, -0.25) is 9.89 Å². The zero-order valence-electron chi connectivity index (χ0n) is 10.5. The third-order valence-electron chi connectivity index (χ3n) is 2.63. The number of aromatic amines is 1. The van der Waals surface area contributed by atoms with Gasteiger partial charge in [-0.15, -0.1) is 0 Å². The van der Waals surface area contributed by atoms with E-state index in [9.17, 15) is 13.2 Å². The molecule has 1 aromatic heterocycles. The number of rotatable bonds is 3. The molecule has 0 atom stereocenters. The molecule has 1 amide bonds. The summed E-state index contributed by atoms with van der Waals surface area (Å²) in [6.45, 7) is 1.68. The largest absolute Gasteiger partial charge is 0.395 e. The molecule has 0 saturated carbocycles. The Balaban J connectivity index is 2.27. The first-order chi connectivity index (χ1) is 9.29. The number of benzene rings is 1. The number of amides is 1. The predicted octanol–water partition coefficient (Wildman–Crippen LogP) is 0.200. The Bertz CT molecular complexity index is 766. The number of hydrogen-bond donors (Lipinski definition) is 4. The molecule has 0 unspecified atom stereocenters. The second-order valence-electron chi connectivity index (χ2n) is 4.14. The number of primary sulfonamides is 1. The smallest absolute Gasteiger partial charge is 0.278 e. The lowest BCUT2D eigenvalue weighted by molar-refractivity contribution is 0.102. The number of aryl methyl sites for hydroxylation is 1. The fourth-order valence-electron chi connectivity index (χ4n) is 1.55. The van der Waals surface area contributed by atoms with E-state index in [4.69, 9.17) is 10.9 Å². The molecule has 106 valence electrons. The number of aromatic nitrogens is 2. The summed E-state index contributed by atoms with van der Waals surface area (Å²) in [7, 11) is -3.83. The van der Waals surface area contributed by atoms with Crippen LogP contribution in [0.5, 0.6) is 0 Å². The van der Waals surface area contributed by atoms with E-state index in [2.05, 4.69) is 15.5 Å². The van der Waals surface area contributed by atoms with Crippen molar-refractivity contribution >= 4 is 27.3 Å². The van der Waals surface area contributed by atoms with Crippen LogP contribution in [0.1, 0.15) is 16.2 Å². The van der Waals surface area contributed by atoms with Gasteiger partial charge in [-0.1, -0.05) is 6.07 Å². The molecule has 1 heterocycles. The van der Waals surface area contributed by atoms with E-state index in [1.165, 1.54) is 24.3 Å². The minimum absolute atomic E-state index is 0.0449. The summed E-state index contributed by atoms with van der Waals surface area (Å²) in [5, 5.41) is 13.9. The van der Waals surface area contributed by atoms with E-state index < -0.39 is 15.9 Å². The van der Waals surface area contributed by atoms with E-state index in [-0.39, 0.29) is 22.0 Å². The number of anilines is 2. The van der Waals surface area contributed by atoms with Crippen molar-refractivity contribution in [2.75, 3.05) is 11.1 Å². The summed E-state index contributed by atoms with van der Waals surface area (Å²) in [5.41, 5.74) is 6.83. The first kappa shape index (κ1) is 14.0. The van der Waals surface area contributed by atoms with Gasteiger partial charge in [0, 0.05) is 5.69 Å². The van der Waals surface area contributed by atoms with E-state index >= 15 is 0 Å². The van der Waals surface area contributed by atoms with Crippen molar-refractivity contribution in [3.8, 4) is 0 Å². The molecule has 0 aliphatic carbocycles. The Morgan fingerprint density at radius 2 is 2.10 bits per heavy atom. The van der Waals surface area contributed by atoms with Crippen LogP contribution in [0.2, 0.25) is 0 Å². The number of nitrogens with one attached hydrogen (secondary N) is 2. The second-order valence-corrected chi connectivity index (χ2v) is 5.70. The fraction of sp³-hybridized carbons (Fsp3) is 0.0909. The van der Waals surface area contributed by atoms with E-state index in [1.807, 2.05) is 0 Å². The molecular weight excluding hydrogens is 282 g/mol. The zero-order chi connectivity index (χ0) is 14.9. The number of hydrogen-bond acceptors (Lipinski definition) is 5. The van der Waals surface area contributed by atoms with E-state index in [0.29, 0.717) is 5.69 Å². The maximum Gasteiger partial charge on any atom is 0.278 e. The summed E-state index contributed by atoms with van der Waals surface area (Å²) in [4.78, 5) is 11.9. The van der Waals surface area contributed by atoms with Crippen molar-refractivity contribution in [3.05, 3.63) is 35.7 Å². The standard InChI is InChI=1S/C11H13N5O3S/c1-6-9(12)10(16-15-6)11(17)14-7-3-2-4-8(5-7)20(13,18)19/h2-5H,12H2,1H3,(H,14,17)(H,15,16)(H2,13,18,19). The Kier molecular flexibility index (Phi) is 3.47. The normalized spacial score (nSPS) is 11.3. The molecule has 1 aromatic carbocycles. The molecule has 20 heavy (non-hydrogen) atoms. The first-order valence-electron chi connectivity index (χ1n) is 5.53. The number of nitrogens with zero attached hydrogens (tertiary/aromatic N) is 1. The average Bonchev–Trinajstić information content (AvgIpc) is 2.69. The average molecular weight is 295 g/mol. The van der Waals surface area contributed by atoms with Gasteiger partial charge in [0.1, 0.15) is 0 Å². The summed E-state index contributed by atoms with van der Waals surface area (Å²) in [6, 6.07) is 5.58. The lowest BCUT2D eigenvalue weighted by Gasteiger charge is -2.05. The lowest BCUT2D eigenvalue weighted by atomic mass is 10.2. The first-order valence-corrected chi connectivity index (χ1v) is 7.08. The molecule has 0 spiro atoms. The van der Waals surface area contributed by atoms with Gasteiger partial charge >= 0.3 is 0 Å². The highest BCUT2D eigenvalue weighted by molar-refractivity contribution is 7.89. The number of carbonyl (C=O) groups is 1. The van der Waals surface area contributed by atoms with Crippen LogP contribution in [0, 0.1) is 6.92 Å². The van der Waals surface area contributed by atoms with Crippen molar-refractivity contribution < 1.29 is 13.2 Å². The minimum atomic E-state index is -3.83. The molecule has 0 aliphatic heterocycles. The van der Waals surface area contributed by atoms with Crippen LogP contribution in [-0.2, 0) is 10.0 Å². The lowest BCUT2D eigenvalue weighted by Crippen LogP contribution is -2.16. The molecular formula is C11H13N5O3S. The maximum atomic E-state index is 12.0. The van der Waals surface area contributed by atoms with E-state index in [1.54, 1.807) is 6.92 Å². The number of sulfonamides is 1. The van der Waals surface area contributed by atoms with Gasteiger partial charge in [0.2, 0.25) is 10.0 Å². The van der Waals surface area contributed by atoms with E-state index in [0.717, 1.165) is 0 Å². The number of H-pyrrole nitrogens is 1. The summed E-state index contributed by atoms with van der Waals surface area (Å²) >= 11 is 0.